The van der Waals surface area contributed by atoms with E-state index in [-0.39, 0.29) is 5.41 Å². The molecule has 0 aliphatic heterocycles. The van der Waals surface area contributed by atoms with Crippen LogP contribution in [0.3, 0.4) is 0 Å². The van der Waals surface area contributed by atoms with E-state index in [0.717, 1.165) is 33.6 Å². The molecule has 6 aromatic carbocycles. The fraction of sp³-hybridized carbons (Fsp3) is 0.143. The van der Waals surface area contributed by atoms with Gasteiger partial charge >= 0.3 is 0 Å². The maximum absolute atomic E-state index is 5.45. The van der Waals surface area contributed by atoms with Crippen molar-refractivity contribution >= 4 is 43.5 Å². The van der Waals surface area contributed by atoms with Gasteiger partial charge in [0.15, 0.2) is 0 Å². The van der Waals surface area contributed by atoms with E-state index >= 15 is 0 Å². The zero-order chi connectivity index (χ0) is 29.5. The van der Waals surface area contributed by atoms with Crippen LogP contribution >= 0.6 is 0 Å². The lowest BCUT2D eigenvalue weighted by Gasteiger charge is -2.36. The first-order valence-electron chi connectivity index (χ1n) is 16.2. The molecule has 0 amide bonds. The minimum absolute atomic E-state index is 0.0301. The molecule has 0 saturated heterocycles. The fourth-order valence-corrected chi connectivity index (χ4v) is 8.78. The standard InChI is InChI=1S/C42H31N3/c1-3-15-27(16-4-1)39-31-20-8-11-23-34(31)43-41(44-39)45-35-24-12-9-21-32(35)37-29-18-6-5-17-28(29)36-30-19-7-10-22-33(30)42(38(36)40(37)45)25-13-2-14-26-42/h1,3-12,15-24H,2,13-14,25-26H2. The lowest BCUT2D eigenvalue weighted by Crippen LogP contribution is -2.28. The smallest absolute Gasteiger partial charge is 0.235 e. The number of hydrogen-bond acceptors (Lipinski definition) is 2. The molecule has 2 aromatic heterocycles. The van der Waals surface area contributed by atoms with Gasteiger partial charge in [0.1, 0.15) is 0 Å². The zero-order valence-electron chi connectivity index (χ0n) is 25.0. The molecule has 2 aliphatic carbocycles. The Balaban J connectivity index is 1.44. The van der Waals surface area contributed by atoms with Gasteiger partial charge in [0.2, 0.25) is 5.95 Å². The van der Waals surface area contributed by atoms with E-state index < -0.39 is 0 Å². The van der Waals surface area contributed by atoms with Crippen LogP contribution < -0.4 is 0 Å². The van der Waals surface area contributed by atoms with Crippen LogP contribution in [0.25, 0.3) is 71.8 Å². The fourth-order valence-electron chi connectivity index (χ4n) is 8.78. The van der Waals surface area contributed by atoms with Crippen LogP contribution in [0.5, 0.6) is 0 Å². The van der Waals surface area contributed by atoms with Crippen molar-refractivity contribution in [3.05, 3.63) is 139 Å². The van der Waals surface area contributed by atoms with Gasteiger partial charge in [-0.05, 0) is 58.0 Å². The Labute approximate surface area is 261 Å². The predicted molar refractivity (Wildman–Crippen MR) is 186 cm³/mol. The highest BCUT2D eigenvalue weighted by Crippen LogP contribution is 2.60. The molecule has 1 spiro atoms. The molecule has 0 bridgehead atoms. The monoisotopic (exact) mass is 577 g/mol. The molecule has 3 heteroatoms. The first kappa shape index (κ1) is 25.1. The third-order valence-electron chi connectivity index (χ3n) is 10.6. The van der Waals surface area contributed by atoms with Crippen molar-refractivity contribution in [1.82, 2.24) is 14.5 Å². The van der Waals surface area contributed by atoms with Gasteiger partial charge in [0.25, 0.3) is 0 Å². The lowest BCUT2D eigenvalue weighted by molar-refractivity contribution is 0.354. The summed E-state index contributed by atoms with van der Waals surface area (Å²) in [5, 5.41) is 6.29. The Bertz CT molecular complexity index is 2460. The summed E-state index contributed by atoms with van der Waals surface area (Å²) in [5.74, 6) is 0.734. The first-order chi connectivity index (χ1) is 22.3. The number of para-hydroxylation sites is 2. The second-order valence-corrected chi connectivity index (χ2v) is 12.8. The van der Waals surface area contributed by atoms with Crippen LogP contribution in [-0.4, -0.2) is 14.5 Å². The Kier molecular flexibility index (Phi) is 5.22. The number of benzene rings is 6. The van der Waals surface area contributed by atoms with E-state index in [4.69, 9.17) is 9.97 Å². The third kappa shape index (κ3) is 3.36. The van der Waals surface area contributed by atoms with Gasteiger partial charge in [0, 0.05) is 27.1 Å². The van der Waals surface area contributed by atoms with E-state index in [9.17, 15) is 0 Å². The minimum Gasteiger partial charge on any atom is -0.278 e. The number of aromatic nitrogens is 3. The lowest BCUT2D eigenvalue weighted by atomic mass is 9.67. The summed E-state index contributed by atoms with van der Waals surface area (Å²) >= 11 is 0. The van der Waals surface area contributed by atoms with Gasteiger partial charge in [-0.3, -0.25) is 4.57 Å². The molecule has 0 unspecified atom stereocenters. The first-order valence-corrected chi connectivity index (χ1v) is 16.2. The number of fused-ring (bicyclic) bond motifs is 13. The van der Waals surface area contributed by atoms with E-state index in [1.807, 2.05) is 0 Å². The third-order valence-corrected chi connectivity index (χ3v) is 10.6. The largest absolute Gasteiger partial charge is 0.278 e. The van der Waals surface area contributed by atoms with Crippen LogP contribution in [0.4, 0.5) is 0 Å². The molecule has 3 nitrogen and oxygen atoms in total. The molecule has 0 radical (unpaired) electrons. The van der Waals surface area contributed by atoms with E-state index in [1.54, 1.807) is 0 Å². The molecule has 2 heterocycles. The van der Waals surface area contributed by atoms with Gasteiger partial charge in [-0.25, -0.2) is 9.97 Å². The van der Waals surface area contributed by atoms with E-state index in [1.165, 1.54) is 81.4 Å². The van der Waals surface area contributed by atoms with E-state index in [0.29, 0.717) is 0 Å². The molecular formula is C42H31N3. The highest BCUT2D eigenvalue weighted by molar-refractivity contribution is 6.27. The Morgan fingerprint density at radius 2 is 1.22 bits per heavy atom. The molecule has 2 aliphatic rings. The topological polar surface area (TPSA) is 30.7 Å². The SMILES string of the molecule is c1ccc(-c2nc(-n3c4ccccc4c4c5ccccc5c5c(c43)C3(CCCCC3)c3ccccc3-5)nc3ccccc23)cc1. The molecule has 214 valence electrons. The van der Waals surface area contributed by atoms with Crippen LogP contribution in [0, 0.1) is 0 Å². The molecule has 45 heavy (non-hydrogen) atoms. The van der Waals surface area contributed by atoms with Gasteiger partial charge in [-0.15, -0.1) is 0 Å². The second kappa shape index (κ2) is 9.36. The van der Waals surface area contributed by atoms with Crippen molar-refractivity contribution in [2.45, 2.75) is 37.5 Å². The van der Waals surface area contributed by atoms with Crippen LogP contribution in [0.1, 0.15) is 43.2 Å². The summed E-state index contributed by atoms with van der Waals surface area (Å²) in [7, 11) is 0. The molecule has 8 aromatic rings. The predicted octanol–water partition coefficient (Wildman–Crippen LogP) is 10.8. The Morgan fingerprint density at radius 3 is 2.07 bits per heavy atom. The number of rotatable bonds is 2. The van der Waals surface area contributed by atoms with Gasteiger partial charge in [-0.1, -0.05) is 135 Å². The van der Waals surface area contributed by atoms with Crippen LogP contribution in [0.2, 0.25) is 0 Å². The molecule has 1 fully saturated rings. The summed E-state index contributed by atoms with van der Waals surface area (Å²) in [6, 6.07) is 46.2. The van der Waals surface area contributed by atoms with Crippen LogP contribution in [0.15, 0.2) is 127 Å². The molecule has 10 rings (SSSR count). The zero-order valence-corrected chi connectivity index (χ0v) is 25.0. The van der Waals surface area contributed by atoms with Crippen molar-refractivity contribution < 1.29 is 0 Å². The quantitative estimate of drug-likeness (QED) is 0.205. The Morgan fingerprint density at radius 1 is 0.556 bits per heavy atom. The van der Waals surface area contributed by atoms with Gasteiger partial charge < -0.3 is 0 Å². The summed E-state index contributed by atoms with van der Waals surface area (Å²) in [5.41, 5.74) is 11.2. The highest BCUT2D eigenvalue weighted by atomic mass is 15.2. The van der Waals surface area contributed by atoms with Crippen molar-refractivity contribution in [3.8, 4) is 28.3 Å². The average molecular weight is 578 g/mol. The average Bonchev–Trinajstić information content (AvgIpc) is 3.59. The molecule has 1 saturated carbocycles. The maximum Gasteiger partial charge on any atom is 0.235 e. The highest BCUT2D eigenvalue weighted by Gasteiger charge is 2.47. The van der Waals surface area contributed by atoms with E-state index in [2.05, 4.69) is 132 Å². The molecular weight excluding hydrogens is 546 g/mol. The van der Waals surface area contributed by atoms with Crippen LogP contribution in [-0.2, 0) is 5.41 Å². The van der Waals surface area contributed by atoms with Crippen molar-refractivity contribution in [1.29, 1.82) is 0 Å². The summed E-state index contributed by atoms with van der Waals surface area (Å²) in [6.07, 6.45) is 6.12. The second-order valence-electron chi connectivity index (χ2n) is 12.8. The summed E-state index contributed by atoms with van der Waals surface area (Å²) in [6.45, 7) is 0. The molecule has 0 N–H and O–H groups in total. The number of nitrogens with zero attached hydrogens (tertiary/aromatic N) is 3. The van der Waals surface area contributed by atoms with Crippen molar-refractivity contribution in [2.24, 2.45) is 0 Å². The maximum atomic E-state index is 5.45. The normalized spacial score (nSPS) is 15.3. The Hall–Kier alpha value is -5.28. The minimum atomic E-state index is -0.0301. The van der Waals surface area contributed by atoms with Crippen molar-refractivity contribution in [3.63, 3.8) is 0 Å². The number of hydrogen-bond donors (Lipinski definition) is 0. The van der Waals surface area contributed by atoms with Gasteiger partial charge in [0.05, 0.1) is 22.2 Å². The van der Waals surface area contributed by atoms with Crippen molar-refractivity contribution in [2.75, 3.05) is 0 Å². The summed E-state index contributed by atoms with van der Waals surface area (Å²) in [4.78, 5) is 10.8. The summed E-state index contributed by atoms with van der Waals surface area (Å²) < 4.78 is 2.41. The molecule has 0 atom stereocenters. The van der Waals surface area contributed by atoms with Gasteiger partial charge in [-0.2, -0.15) is 0 Å².